The Labute approximate surface area is 84.1 Å². The van der Waals surface area contributed by atoms with Gasteiger partial charge in [0.2, 0.25) is 0 Å². The standard InChI is InChI=1S/C11H15NO2/c1-3-4-7-14-9-5-6-11(13-2)10(12)8-9/h3-6,8H,7,12H2,1-2H3/b4-3+. The molecule has 0 saturated carbocycles. The normalized spacial score (nSPS) is 10.4. The van der Waals surface area contributed by atoms with Crippen LogP contribution in [0.1, 0.15) is 6.92 Å². The third-order valence-electron chi connectivity index (χ3n) is 1.78. The second-order valence-electron chi connectivity index (χ2n) is 2.78. The molecule has 3 heteroatoms. The fourth-order valence-corrected chi connectivity index (χ4v) is 1.04. The predicted molar refractivity (Wildman–Crippen MR) is 57.7 cm³/mol. The van der Waals surface area contributed by atoms with Crippen LogP contribution in [0.5, 0.6) is 11.5 Å². The lowest BCUT2D eigenvalue weighted by molar-refractivity contribution is 0.361. The number of rotatable bonds is 4. The zero-order valence-electron chi connectivity index (χ0n) is 8.49. The minimum atomic E-state index is 0.558. The third-order valence-corrected chi connectivity index (χ3v) is 1.78. The Bertz CT molecular complexity index is 321. The third kappa shape index (κ3) is 2.69. The van der Waals surface area contributed by atoms with Crippen LogP contribution in [0.4, 0.5) is 5.69 Å². The fourth-order valence-electron chi connectivity index (χ4n) is 1.04. The lowest BCUT2D eigenvalue weighted by Gasteiger charge is -2.07. The molecule has 0 amide bonds. The van der Waals surface area contributed by atoms with E-state index >= 15 is 0 Å². The van der Waals surface area contributed by atoms with Crippen LogP contribution in [-0.4, -0.2) is 13.7 Å². The molecule has 1 aromatic carbocycles. The van der Waals surface area contributed by atoms with Crippen LogP contribution in [0.15, 0.2) is 30.4 Å². The summed E-state index contributed by atoms with van der Waals surface area (Å²) in [5.74, 6) is 1.42. The summed E-state index contributed by atoms with van der Waals surface area (Å²) >= 11 is 0. The molecule has 0 saturated heterocycles. The highest BCUT2D eigenvalue weighted by Gasteiger charge is 2.00. The Morgan fingerprint density at radius 1 is 1.43 bits per heavy atom. The van der Waals surface area contributed by atoms with Gasteiger partial charge in [0.25, 0.3) is 0 Å². The van der Waals surface area contributed by atoms with E-state index < -0.39 is 0 Å². The van der Waals surface area contributed by atoms with E-state index in [1.165, 1.54) is 0 Å². The Balaban J connectivity index is 2.66. The first kappa shape index (κ1) is 10.4. The van der Waals surface area contributed by atoms with Crippen molar-refractivity contribution in [3.8, 4) is 11.5 Å². The molecule has 76 valence electrons. The van der Waals surface area contributed by atoms with Gasteiger partial charge in [-0.1, -0.05) is 12.2 Å². The Kier molecular flexibility index (Phi) is 3.85. The summed E-state index contributed by atoms with van der Waals surface area (Å²) in [7, 11) is 1.59. The van der Waals surface area contributed by atoms with Crippen molar-refractivity contribution >= 4 is 5.69 Å². The van der Waals surface area contributed by atoms with E-state index in [2.05, 4.69) is 0 Å². The van der Waals surface area contributed by atoms with E-state index in [1.807, 2.05) is 25.1 Å². The molecule has 0 aliphatic heterocycles. The van der Waals surface area contributed by atoms with E-state index in [0.29, 0.717) is 18.0 Å². The highest BCUT2D eigenvalue weighted by atomic mass is 16.5. The second kappa shape index (κ2) is 5.17. The summed E-state index contributed by atoms with van der Waals surface area (Å²) in [5.41, 5.74) is 6.30. The van der Waals surface area contributed by atoms with Crippen LogP contribution >= 0.6 is 0 Å². The number of hydrogen-bond acceptors (Lipinski definition) is 3. The highest BCUT2D eigenvalue weighted by molar-refractivity contribution is 5.56. The maximum Gasteiger partial charge on any atom is 0.142 e. The summed E-state index contributed by atoms with van der Waals surface area (Å²) < 4.78 is 10.4. The minimum absolute atomic E-state index is 0.558. The predicted octanol–water partition coefficient (Wildman–Crippen LogP) is 2.23. The lowest BCUT2D eigenvalue weighted by Crippen LogP contribution is -1.96. The summed E-state index contributed by atoms with van der Waals surface area (Å²) in [4.78, 5) is 0. The number of benzene rings is 1. The van der Waals surface area contributed by atoms with Gasteiger partial charge in [-0.25, -0.2) is 0 Å². The first-order valence-electron chi connectivity index (χ1n) is 4.45. The smallest absolute Gasteiger partial charge is 0.142 e. The molecule has 0 aromatic heterocycles. The topological polar surface area (TPSA) is 44.5 Å². The van der Waals surface area contributed by atoms with Crippen LogP contribution in [0, 0.1) is 0 Å². The number of hydrogen-bond donors (Lipinski definition) is 1. The van der Waals surface area contributed by atoms with Crippen molar-refractivity contribution in [1.29, 1.82) is 0 Å². The molecule has 1 aromatic rings. The summed E-state index contributed by atoms with van der Waals surface area (Å²) in [6.07, 6.45) is 3.87. The van der Waals surface area contributed by atoms with Crippen molar-refractivity contribution in [2.45, 2.75) is 6.92 Å². The zero-order chi connectivity index (χ0) is 10.4. The monoisotopic (exact) mass is 193 g/mol. The van der Waals surface area contributed by atoms with Crippen LogP contribution in [0.3, 0.4) is 0 Å². The van der Waals surface area contributed by atoms with Crippen LogP contribution in [0.2, 0.25) is 0 Å². The van der Waals surface area contributed by atoms with Gasteiger partial charge >= 0.3 is 0 Å². The fraction of sp³-hybridized carbons (Fsp3) is 0.273. The quantitative estimate of drug-likeness (QED) is 0.589. The van der Waals surface area contributed by atoms with E-state index in [4.69, 9.17) is 15.2 Å². The highest BCUT2D eigenvalue weighted by Crippen LogP contribution is 2.25. The summed E-state index contributed by atoms with van der Waals surface area (Å²) in [6, 6.07) is 5.38. The molecule has 0 heterocycles. The number of methoxy groups -OCH3 is 1. The largest absolute Gasteiger partial charge is 0.495 e. The molecule has 0 atom stereocenters. The van der Waals surface area contributed by atoms with E-state index in [9.17, 15) is 0 Å². The SMILES string of the molecule is C/C=C/COc1ccc(OC)c(N)c1. The van der Waals surface area contributed by atoms with E-state index in [-0.39, 0.29) is 0 Å². The van der Waals surface area contributed by atoms with Crippen molar-refractivity contribution in [1.82, 2.24) is 0 Å². The molecule has 0 unspecified atom stereocenters. The molecule has 0 aliphatic rings. The Morgan fingerprint density at radius 2 is 2.21 bits per heavy atom. The van der Waals surface area contributed by atoms with Crippen molar-refractivity contribution in [2.75, 3.05) is 19.5 Å². The molecule has 3 nitrogen and oxygen atoms in total. The van der Waals surface area contributed by atoms with Gasteiger partial charge in [-0.05, 0) is 19.1 Å². The summed E-state index contributed by atoms with van der Waals surface area (Å²) in [6.45, 7) is 2.51. The van der Waals surface area contributed by atoms with Crippen LogP contribution < -0.4 is 15.2 Å². The van der Waals surface area contributed by atoms with Gasteiger partial charge in [0.15, 0.2) is 0 Å². The molecule has 14 heavy (non-hydrogen) atoms. The van der Waals surface area contributed by atoms with Gasteiger partial charge < -0.3 is 15.2 Å². The molecule has 0 bridgehead atoms. The first-order valence-corrected chi connectivity index (χ1v) is 4.45. The van der Waals surface area contributed by atoms with Crippen LogP contribution in [-0.2, 0) is 0 Å². The molecule has 0 radical (unpaired) electrons. The Hall–Kier alpha value is -1.64. The number of nitrogens with two attached hydrogens (primary N) is 1. The number of ether oxygens (including phenoxy) is 2. The minimum Gasteiger partial charge on any atom is -0.495 e. The van der Waals surface area contributed by atoms with Gasteiger partial charge in [0, 0.05) is 6.07 Å². The van der Waals surface area contributed by atoms with Crippen molar-refractivity contribution in [3.63, 3.8) is 0 Å². The molecular formula is C11H15NO2. The van der Waals surface area contributed by atoms with Crippen molar-refractivity contribution in [2.24, 2.45) is 0 Å². The lowest BCUT2D eigenvalue weighted by atomic mass is 10.3. The first-order chi connectivity index (χ1) is 6.77. The van der Waals surface area contributed by atoms with Gasteiger partial charge in [0.05, 0.1) is 12.8 Å². The molecular weight excluding hydrogens is 178 g/mol. The van der Waals surface area contributed by atoms with Gasteiger partial charge in [-0.2, -0.15) is 0 Å². The Morgan fingerprint density at radius 3 is 2.79 bits per heavy atom. The molecule has 0 fully saturated rings. The molecule has 0 spiro atoms. The molecule has 0 aliphatic carbocycles. The van der Waals surface area contributed by atoms with Crippen LogP contribution in [0.25, 0.3) is 0 Å². The summed E-state index contributed by atoms with van der Waals surface area (Å²) in [5, 5.41) is 0. The van der Waals surface area contributed by atoms with Gasteiger partial charge in [-0.3, -0.25) is 0 Å². The molecule has 2 N–H and O–H groups in total. The van der Waals surface area contributed by atoms with Gasteiger partial charge in [-0.15, -0.1) is 0 Å². The maximum absolute atomic E-state index is 5.71. The average molecular weight is 193 g/mol. The van der Waals surface area contributed by atoms with Crippen molar-refractivity contribution < 1.29 is 9.47 Å². The number of anilines is 1. The number of allylic oxidation sites excluding steroid dienone is 1. The van der Waals surface area contributed by atoms with Crippen molar-refractivity contribution in [3.05, 3.63) is 30.4 Å². The average Bonchev–Trinajstić information content (AvgIpc) is 2.18. The maximum atomic E-state index is 5.71. The van der Waals surface area contributed by atoms with E-state index in [1.54, 1.807) is 19.2 Å². The van der Waals surface area contributed by atoms with Gasteiger partial charge in [0.1, 0.15) is 18.1 Å². The second-order valence-corrected chi connectivity index (χ2v) is 2.78. The molecule has 1 rings (SSSR count). The van der Waals surface area contributed by atoms with E-state index in [0.717, 1.165) is 5.75 Å². The number of nitrogen functional groups attached to an aromatic ring is 1. The zero-order valence-corrected chi connectivity index (χ0v) is 8.49.